The van der Waals surface area contributed by atoms with Crippen molar-refractivity contribution in [2.75, 3.05) is 31.7 Å². The van der Waals surface area contributed by atoms with Crippen molar-refractivity contribution in [1.29, 1.82) is 0 Å². The molecule has 0 aliphatic carbocycles. The molecule has 0 atom stereocenters. The Morgan fingerprint density at radius 1 is 1.10 bits per heavy atom. The van der Waals surface area contributed by atoms with Gasteiger partial charge < -0.3 is 15.5 Å². The number of hydrogen-bond acceptors (Lipinski definition) is 6. The first-order valence-corrected chi connectivity index (χ1v) is 12.0. The Morgan fingerprint density at radius 2 is 1.81 bits per heavy atom. The van der Waals surface area contributed by atoms with Gasteiger partial charge in [0.25, 0.3) is 0 Å². The molecular weight excluding hydrogens is 414 g/mol. The third-order valence-electron chi connectivity index (χ3n) is 5.62. The Hall–Kier alpha value is -3.20. The predicted molar refractivity (Wildman–Crippen MR) is 120 cm³/mol. The summed E-state index contributed by atoms with van der Waals surface area (Å²) < 4.78 is 23.3. The van der Waals surface area contributed by atoms with E-state index in [1.807, 2.05) is 29.4 Å². The lowest BCUT2D eigenvalue weighted by molar-refractivity contribution is 0.183. The van der Waals surface area contributed by atoms with Crippen LogP contribution in [0.15, 0.2) is 53.7 Å². The summed E-state index contributed by atoms with van der Waals surface area (Å²) in [7, 11) is -1.58. The Labute approximate surface area is 181 Å². The molecule has 0 radical (unpaired) electrons. The Morgan fingerprint density at radius 3 is 2.45 bits per heavy atom. The normalized spacial score (nSPS) is 15.1. The third kappa shape index (κ3) is 4.61. The number of nitrogens with zero attached hydrogens (tertiary/aromatic N) is 3. The zero-order chi connectivity index (χ0) is 22.0. The van der Waals surface area contributed by atoms with E-state index >= 15 is 0 Å². The van der Waals surface area contributed by atoms with E-state index in [1.54, 1.807) is 31.3 Å². The SMILES string of the molecule is CNC(=O)N1CCC(c2nccc3cnc(Nc4ccc(S(C)(=O)=O)cc4)cc23)CC1. The number of sulfone groups is 1. The number of amides is 2. The van der Waals surface area contributed by atoms with Crippen LogP contribution >= 0.6 is 0 Å². The van der Waals surface area contributed by atoms with Gasteiger partial charge in [0.05, 0.1) is 10.6 Å². The number of nitrogens with one attached hydrogen (secondary N) is 2. The molecule has 2 N–H and O–H groups in total. The van der Waals surface area contributed by atoms with Crippen LogP contribution < -0.4 is 10.6 Å². The van der Waals surface area contributed by atoms with Gasteiger partial charge in [0, 0.05) is 61.2 Å². The third-order valence-corrected chi connectivity index (χ3v) is 6.74. The van der Waals surface area contributed by atoms with E-state index in [0.29, 0.717) is 18.9 Å². The molecule has 9 heteroatoms. The fraction of sp³-hybridized carbons (Fsp3) is 0.318. The van der Waals surface area contributed by atoms with Gasteiger partial charge in [0.15, 0.2) is 9.84 Å². The largest absolute Gasteiger partial charge is 0.341 e. The van der Waals surface area contributed by atoms with Crippen molar-refractivity contribution in [2.45, 2.75) is 23.7 Å². The van der Waals surface area contributed by atoms with Crippen molar-refractivity contribution in [3.8, 4) is 0 Å². The van der Waals surface area contributed by atoms with E-state index in [2.05, 4.69) is 20.6 Å². The summed E-state index contributed by atoms with van der Waals surface area (Å²) in [4.78, 5) is 23.1. The number of piperidine rings is 1. The van der Waals surface area contributed by atoms with Crippen molar-refractivity contribution in [3.63, 3.8) is 0 Å². The molecule has 1 aliphatic rings. The molecule has 0 spiro atoms. The first-order valence-electron chi connectivity index (χ1n) is 10.1. The van der Waals surface area contributed by atoms with Crippen LogP contribution in [0.2, 0.25) is 0 Å². The summed E-state index contributed by atoms with van der Waals surface area (Å²) >= 11 is 0. The van der Waals surface area contributed by atoms with E-state index in [4.69, 9.17) is 0 Å². The zero-order valence-electron chi connectivity index (χ0n) is 17.5. The molecule has 3 aromatic rings. The minimum Gasteiger partial charge on any atom is -0.341 e. The van der Waals surface area contributed by atoms with Gasteiger partial charge in [-0.05, 0) is 49.2 Å². The van der Waals surface area contributed by atoms with Gasteiger partial charge in [0.1, 0.15) is 5.82 Å². The molecular formula is C22H25N5O3S. The minimum atomic E-state index is -3.23. The van der Waals surface area contributed by atoms with Crippen LogP contribution in [0.25, 0.3) is 10.8 Å². The van der Waals surface area contributed by atoms with Crippen LogP contribution in [0.4, 0.5) is 16.3 Å². The lowest BCUT2D eigenvalue weighted by atomic mass is 9.90. The standard InChI is InChI=1S/C22H25N5O3S/c1-23-22(28)27-11-8-15(9-12-27)21-19-13-20(25-14-16(19)7-10-24-21)26-17-3-5-18(6-4-17)31(2,29)30/h3-7,10,13-15H,8-9,11-12H2,1-2H3,(H,23,28)(H,25,26). The number of carbonyl (C=O) groups excluding carboxylic acids is 1. The lowest BCUT2D eigenvalue weighted by Gasteiger charge is -2.31. The Bertz CT molecular complexity index is 1200. The van der Waals surface area contributed by atoms with Gasteiger partial charge in [0.2, 0.25) is 0 Å². The van der Waals surface area contributed by atoms with Gasteiger partial charge in [-0.3, -0.25) is 4.98 Å². The average molecular weight is 440 g/mol. The van der Waals surface area contributed by atoms with Gasteiger partial charge >= 0.3 is 6.03 Å². The highest BCUT2D eigenvalue weighted by Gasteiger charge is 2.25. The maximum absolute atomic E-state index is 11.9. The molecule has 8 nitrogen and oxygen atoms in total. The number of urea groups is 1. The smallest absolute Gasteiger partial charge is 0.317 e. The summed E-state index contributed by atoms with van der Waals surface area (Å²) in [5.41, 5.74) is 1.77. The van der Waals surface area contributed by atoms with Crippen molar-refractivity contribution < 1.29 is 13.2 Å². The van der Waals surface area contributed by atoms with Crippen LogP contribution in [0.3, 0.4) is 0 Å². The fourth-order valence-corrected chi connectivity index (χ4v) is 4.56. The molecule has 1 fully saturated rings. The monoisotopic (exact) mass is 439 g/mol. The highest BCUT2D eigenvalue weighted by atomic mass is 32.2. The fourth-order valence-electron chi connectivity index (χ4n) is 3.93. The van der Waals surface area contributed by atoms with E-state index < -0.39 is 9.84 Å². The first kappa shape index (κ1) is 21.0. The molecule has 4 rings (SSSR count). The maximum Gasteiger partial charge on any atom is 0.317 e. The number of aromatic nitrogens is 2. The van der Waals surface area contributed by atoms with Crippen molar-refractivity contribution >= 4 is 38.1 Å². The van der Waals surface area contributed by atoms with E-state index in [-0.39, 0.29) is 16.8 Å². The van der Waals surface area contributed by atoms with Crippen LogP contribution in [0.1, 0.15) is 24.5 Å². The Kier molecular flexibility index (Phi) is 5.77. The molecule has 0 bridgehead atoms. The van der Waals surface area contributed by atoms with Crippen molar-refractivity contribution in [2.24, 2.45) is 0 Å². The van der Waals surface area contributed by atoms with E-state index in [1.165, 1.54) is 6.26 Å². The van der Waals surface area contributed by atoms with Gasteiger partial charge in [-0.1, -0.05) is 0 Å². The molecule has 2 amide bonds. The average Bonchev–Trinajstić information content (AvgIpc) is 2.78. The number of hydrogen-bond donors (Lipinski definition) is 2. The topological polar surface area (TPSA) is 104 Å². The highest BCUT2D eigenvalue weighted by molar-refractivity contribution is 7.90. The number of anilines is 2. The van der Waals surface area contributed by atoms with Crippen molar-refractivity contribution in [1.82, 2.24) is 20.2 Å². The summed E-state index contributed by atoms with van der Waals surface area (Å²) in [6.45, 7) is 1.40. The van der Waals surface area contributed by atoms with E-state index in [0.717, 1.165) is 35.0 Å². The lowest BCUT2D eigenvalue weighted by Crippen LogP contribution is -2.42. The van der Waals surface area contributed by atoms with Crippen LogP contribution in [-0.2, 0) is 9.84 Å². The number of rotatable bonds is 4. The predicted octanol–water partition coefficient (Wildman–Crippen LogP) is 3.30. The molecule has 0 unspecified atom stereocenters. The zero-order valence-corrected chi connectivity index (χ0v) is 18.3. The Balaban J connectivity index is 1.57. The van der Waals surface area contributed by atoms with Gasteiger partial charge in [-0.15, -0.1) is 0 Å². The second-order valence-corrected chi connectivity index (χ2v) is 9.74. The molecule has 3 heterocycles. The molecule has 162 valence electrons. The van der Waals surface area contributed by atoms with Gasteiger partial charge in [-0.2, -0.15) is 0 Å². The minimum absolute atomic E-state index is 0.0399. The summed E-state index contributed by atoms with van der Waals surface area (Å²) in [5.74, 6) is 0.936. The molecule has 1 saturated heterocycles. The van der Waals surface area contributed by atoms with Crippen LogP contribution in [0.5, 0.6) is 0 Å². The summed E-state index contributed by atoms with van der Waals surface area (Å²) in [5, 5.41) is 7.97. The maximum atomic E-state index is 11.9. The quantitative estimate of drug-likeness (QED) is 0.646. The molecule has 1 aliphatic heterocycles. The molecule has 0 saturated carbocycles. The second-order valence-electron chi connectivity index (χ2n) is 7.72. The first-order chi connectivity index (χ1) is 14.8. The number of carbonyl (C=O) groups is 1. The van der Waals surface area contributed by atoms with Crippen LogP contribution in [-0.4, -0.2) is 55.7 Å². The number of benzene rings is 1. The summed E-state index contributed by atoms with van der Waals surface area (Å²) in [6.07, 6.45) is 6.53. The number of likely N-dealkylation sites (tertiary alicyclic amines) is 1. The molecule has 31 heavy (non-hydrogen) atoms. The van der Waals surface area contributed by atoms with Crippen molar-refractivity contribution in [3.05, 3.63) is 54.5 Å². The number of fused-ring (bicyclic) bond motifs is 1. The van der Waals surface area contributed by atoms with E-state index in [9.17, 15) is 13.2 Å². The molecule has 1 aromatic carbocycles. The highest BCUT2D eigenvalue weighted by Crippen LogP contribution is 2.32. The second kappa shape index (κ2) is 8.50. The number of pyridine rings is 2. The summed E-state index contributed by atoms with van der Waals surface area (Å²) in [6, 6.07) is 10.5. The molecule has 2 aromatic heterocycles. The van der Waals surface area contributed by atoms with Crippen LogP contribution in [0, 0.1) is 0 Å². The van der Waals surface area contributed by atoms with Gasteiger partial charge in [-0.25, -0.2) is 18.2 Å².